The quantitative estimate of drug-likeness (QED) is 0.860. The van der Waals surface area contributed by atoms with E-state index >= 15 is 0 Å². The van der Waals surface area contributed by atoms with E-state index in [-0.39, 0.29) is 0 Å². The van der Waals surface area contributed by atoms with Crippen molar-refractivity contribution >= 4 is 0 Å². The van der Waals surface area contributed by atoms with E-state index in [9.17, 15) is 0 Å². The minimum atomic E-state index is 0.353. The maximum Gasteiger partial charge on any atom is 0.0625 e. The van der Waals surface area contributed by atoms with E-state index in [0.29, 0.717) is 6.04 Å². The SMILES string of the molecule is CCc1cc(CN[C@@H](C)c2ccccc2)n(CC)n1. The van der Waals surface area contributed by atoms with Crippen LogP contribution in [0.3, 0.4) is 0 Å². The van der Waals surface area contributed by atoms with Crippen LogP contribution in [0.15, 0.2) is 36.4 Å². The summed E-state index contributed by atoms with van der Waals surface area (Å²) in [6, 6.07) is 13.1. The van der Waals surface area contributed by atoms with Crippen LogP contribution >= 0.6 is 0 Å². The van der Waals surface area contributed by atoms with Crippen molar-refractivity contribution in [2.24, 2.45) is 0 Å². The summed E-state index contributed by atoms with van der Waals surface area (Å²) in [5, 5.41) is 8.14. The first-order valence-corrected chi connectivity index (χ1v) is 7.08. The third-order valence-corrected chi connectivity index (χ3v) is 3.46. The zero-order chi connectivity index (χ0) is 13.7. The van der Waals surface area contributed by atoms with Crippen LogP contribution in [-0.4, -0.2) is 9.78 Å². The van der Waals surface area contributed by atoms with Gasteiger partial charge in [-0.3, -0.25) is 4.68 Å². The monoisotopic (exact) mass is 257 g/mol. The molecule has 3 nitrogen and oxygen atoms in total. The lowest BCUT2D eigenvalue weighted by atomic mass is 10.1. The lowest BCUT2D eigenvalue weighted by Gasteiger charge is -2.14. The van der Waals surface area contributed by atoms with Gasteiger partial charge in [-0.2, -0.15) is 5.10 Å². The zero-order valence-electron chi connectivity index (χ0n) is 12.1. The third-order valence-electron chi connectivity index (χ3n) is 3.46. The summed E-state index contributed by atoms with van der Waals surface area (Å²) in [5.41, 5.74) is 3.76. The Balaban J connectivity index is 2.00. The normalized spacial score (nSPS) is 12.6. The minimum Gasteiger partial charge on any atom is -0.305 e. The maximum atomic E-state index is 4.57. The predicted molar refractivity (Wildman–Crippen MR) is 79.0 cm³/mol. The molecule has 1 aromatic carbocycles. The molecule has 19 heavy (non-hydrogen) atoms. The average molecular weight is 257 g/mol. The molecular weight excluding hydrogens is 234 g/mol. The summed E-state index contributed by atoms with van der Waals surface area (Å²) in [7, 11) is 0. The van der Waals surface area contributed by atoms with Gasteiger partial charge in [0, 0.05) is 19.1 Å². The van der Waals surface area contributed by atoms with Gasteiger partial charge in [-0.25, -0.2) is 0 Å². The summed E-state index contributed by atoms with van der Waals surface area (Å²) in [4.78, 5) is 0. The summed E-state index contributed by atoms with van der Waals surface area (Å²) in [6.45, 7) is 8.26. The highest BCUT2D eigenvalue weighted by molar-refractivity contribution is 5.18. The van der Waals surface area contributed by atoms with Crippen LogP contribution in [0.1, 0.15) is 43.8 Å². The Bertz CT molecular complexity index is 502. The number of hydrogen-bond acceptors (Lipinski definition) is 2. The standard InChI is InChI=1S/C16H23N3/c1-4-15-11-16(19(5-2)18-15)12-17-13(3)14-9-7-6-8-10-14/h6-11,13,17H,4-5,12H2,1-3H3/t13-/m0/s1. The van der Waals surface area contributed by atoms with Crippen molar-refractivity contribution in [2.75, 3.05) is 0 Å². The molecule has 2 aromatic rings. The van der Waals surface area contributed by atoms with Crippen LogP contribution in [0.4, 0.5) is 0 Å². The van der Waals surface area contributed by atoms with E-state index in [2.05, 4.69) is 72.3 Å². The van der Waals surface area contributed by atoms with Crippen molar-refractivity contribution in [3.8, 4) is 0 Å². The van der Waals surface area contributed by atoms with Gasteiger partial charge in [0.25, 0.3) is 0 Å². The number of hydrogen-bond donors (Lipinski definition) is 1. The van der Waals surface area contributed by atoms with Crippen LogP contribution in [0.25, 0.3) is 0 Å². The number of rotatable bonds is 6. The molecule has 0 amide bonds. The Morgan fingerprint density at radius 1 is 1.21 bits per heavy atom. The van der Waals surface area contributed by atoms with E-state index in [1.54, 1.807) is 0 Å². The van der Waals surface area contributed by atoms with Crippen molar-refractivity contribution in [3.63, 3.8) is 0 Å². The van der Waals surface area contributed by atoms with Crippen LogP contribution in [0, 0.1) is 0 Å². The number of nitrogens with zero attached hydrogens (tertiary/aromatic N) is 2. The van der Waals surface area contributed by atoms with Gasteiger partial charge >= 0.3 is 0 Å². The Labute approximate surface area is 115 Å². The molecule has 1 atom stereocenters. The number of benzene rings is 1. The molecule has 0 unspecified atom stereocenters. The lowest BCUT2D eigenvalue weighted by molar-refractivity contribution is 0.530. The van der Waals surface area contributed by atoms with Crippen LogP contribution in [0.2, 0.25) is 0 Å². The molecule has 0 aliphatic heterocycles. The Kier molecular flexibility index (Phi) is 4.74. The van der Waals surface area contributed by atoms with Crippen molar-refractivity contribution in [3.05, 3.63) is 53.3 Å². The molecule has 0 aliphatic carbocycles. The second-order valence-corrected chi connectivity index (χ2v) is 4.81. The number of aryl methyl sites for hydroxylation is 2. The summed E-state index contributed by atoms with van der Waals surface area (Å²) >= 11 is 0. The Morgan fingerprint density at radius 2 is 1.95 bits per heavy atom. The highest BCUT2D eigenvalue weighted by Gasteiger charge is 2.08. The Morgan fingerprint density at radius 3 is 2.58 bits per heavy atom. The molecule has 0 spiro atoms. The van der Waals surface area contributed by atoms with Gasteiger partial charge in [0.1, 0.15) is 0 Å². The van der Waals surface area contributed by atoms with E-state index in [1.807, 2.05) is 0 Å². The molecule has 1 heterocycles. The number of nitrogens with one attached hydrogen (secondary N) is 1. The van der Waals surface area contributed by atoms with Crippen molar-refractivity contribution in [1.82, 2.24) is 15.1 Å². The molecule has 0 saturated heterocycles. The fourth-order valence-electron chi connectivity index (χ4n) is 2.22. The van der Waals surface area contributed by atoms with Gasteiger partial charge in [0.15, 0.2) is 0 Å². The maximum absolute atomic E-state index is 4.57. The topological polar surface area (TPSA) is 29.9 Å². The highest BCUT2D eigenvalue weighted by Crippen LogP contribution is 2.13. The lowest BCUT2D eigenvalue weighted by Crippen LogP contribution is -2.20. The van der Waals surface area contributed by atoms with Crippen molar-refractivity contribution < 1.29 is 0 Å². The van der Waals surface area contributed by atoms with E-state index in [4.69, 9.17) is 0 Å². The molecule has 0 fully saturated rings. The molecule has 0 aliphatic rings. The van der Waals surface area contributed by atoms with E-state index < -0.39 is 0 Å². The summed E-state index contributed by atoms with van der Waals surface area (Å²) < 4.78 is 2.09. The van der Waals surface area contributed by atoms with Gasteiger partial charge in [-0.05, 0) is 31.9 Å². The fraction of sp³-hybridized carbons (Fsp3) is 0.438. The zero-order valence-corrected chi connectivity index (χ0v) is 12.1. The smallest absolute Gasteiger partial charge is 0.0625 e. The fourth-order valence-corrected chi connectivity index (χ4v) is 2.22. The molecule has 1 aromatic heterocycles. The first-order valence-electron chi connectivity index (χ1n) is 7.08. The van der Waals surface area contributed by atoms with Gasteiger partial charge in [0.2, 0.25) is 0 Å². The average Bonchev–Trinajstić information content (AvgIpc) is 2.88. The van der Waals surface area contributed by atoms with Crippen LogP contribution in [0.5, 0.6) is 0 Å². The van der Waals surface area contributed by atoms with E-state index in [1.165, 1.54) is 17.0 Å². The van der Waals surface area contributed by atoms with Gasteiger partial charge in [-0.15, -0.1) is 0 Å². The predicted octanol–water partition coefficient (Wildman–Crippen LogP) is 3.32. The summed E-state index contributed by atoms with van der Waals surface area (Å²) in [6.07, 6.45) is 0.994. The molecule has 1 N–H and O–H groups in total. The Hall–Kier alpha value is -1.61. The van der Waals surface area contributed by atoms with E-state index in [0.717, 1.165) is 19.5 Å². The van der Waals surface area contributed by atoms with Gasteiger partial charge < -0.3 is 5.32 Å². The molecule has 102 valence electrons. The molecular formula is C16H23N3. The molecule has 0 saturated carbocycles. The molecule has 3 heteroatoms. The van der Waals surface area contributed by atoms with Crippen LogP contribution in [-0.2, 0) is 19.5 Å². The second-order valence-electron chi connectivity index (χ2n) is 4.81. The first-order chi connectivity index (χ1) is 9.24. The van der Waals surface area contributed by atoms with Crippen molar-refractivity contribution in [1.29, 1.82) is 0 Å². The second kappa shape index (κ2) is 6.53. The highest BCUT2D eigenvalue weighted by atomic mass is 15.3. The minimum absolute atomic E-state index is 0.353. The van der Waals surface area contributed by atoms with Crippen molar-refractivity contribution in [2.45, 2.75) is 46.3 Å². The number of aromatic nitrogens is 2. The van der Waals surface area contributed by atoms with Gasteiger partial charge in [-0.1, -0.05) is 37.3 Å². The largest absolute Gasteiger partial charge is 0.305 e. The first kappa shape index (κ1) is 13.8. The molecule has 2 rings (SSSR count). The third kappa shape index (κ3) is 3.44. The molecule has 0 radical (unpaired) electrons. The molecule has 0 bridgehead atoms. The van der Waals surface area contributed by atoms with Crippen LogP contribution < -0.4 is 5.32 Å². The summed E-state index contributed by atoms with van der Waals surface area (Å²) in [5.74, 6) is 0. The van der Waals surface area contributed by atoms with Gasteiger partial charge in [0.05, 0.1) is 11.4 Å².